The molecule has 7 nitrogen and oxygen atoms in total. The molecule has 4 aromatic rings. The van der Waals surface area contributed by atoms with Gasteiger partial charge in [0.2, 0.25) is 0 Å². The van der Waals surface area contributed by atoms with Crippen molar-refractivity contribution in [2.24, 2.45) is 7.05 Å². The Hall–Kier alpha value is -4.00. The van der Waals surface area contributed by atoms with E-state index in [2.05, 4.69) is 31.2 Å². The van der Waals surface area contributed by atoms with Gasteiger partial charge in [-0.05, 0) is 54.7 Å². The van der Waals surface area contributed by atoms with Crippen molar-refractivity contribution in [1.82, 2.24) is 9.55 Å². The van der Waals surface area contributed by atoms with Crippen LogP contribution in [0.25, 0.3) is 11.0 Å². The van der Waals surface area contributed by atoms with Gasteiger partial charge in [-0.3, -0.25) is 4.79 Å². The smallest absolute Gasteiger partial charge is 0.306 e. The molecule has 4 rings (SSSR count). The molecule has 0 aliphatic carbocycles. The lowest BCUT2D eigenvalue weighted by molar-refractivity contribution is -0.143. The molecule has 0 saturated heterocycles. The summed E-state index contributed by atoms with van der Waals surface area (Å²) in [5.41, 5.74) is 5.16. The molecular weight excluding hydrogens is 468 g/mol. The minimum atomic E-state index is -0.220. The van der Waals surface area contributed by atoms with Gasteiger partial charge in [0.1, 0.15) is 36.3 Å². The van der Waals surface area contributed by atoms with Crippen molar-refractivity contribution in [1.29, 1.82) is 0 Å². The number of esters is 1. The third-order valence-electron chi connectivity index (χ3n) is 6.32. The molecule has 0 aliphatic heterocycles. The van der Waals surface area contributed by atoms with Crippen molar-refractivity contribution in [3.63, 3.8) is 0 Å². The highest BCUT2D eigenvalue weighted by Crippen LogP contribution is 2.28. The van der Waals surface area contributed by atoms with Crippen LogP contribution in [0.3, 0.4) is 0 Å². The lowest BCUT2D eigenvalue weighted by atomic mass is 10.1. The molecule has 1 heterocycles. The first-order valence-electron chi connectivity index (χ1n) is 12.6. The Balaban J connectivity index is 1.50. The fraction of sp³-hybridized carbons (Fsp3) is 0.333. The molecule has 0 N–H and O–H groups in total. The van der Waals surface area contributed by atoms with E-state index >= 15 is 0 Å². The molecule has 0 saturated carbocycles. The molecule has 194 valence electrons. The van der Waals surface area contributed by atoms with E-state index in [1.165, 1.54) is 5.56 Å². The number of benzene rings is 3. The number of rotatable bonds is 12. The fourth-order valence-electron chi connectivity index (χ4n) is 4.09. The second-order valence-electron chi connectivity index (χ2n) is 8.76. The van der Waals surface area contributed by atoms with Gasteiger partial charge in [0, 0.05) is 25.6 Å². The predicted molar refractivity (Wildman–Crippen MR) is 143 cm³/mol. The number of methoxy groups -OCH3 is 1. The molecule has 0 aliphatic rings. The zero-order valence-electron chi connectivity index (χ0n) is 22.0. The van der Waals surface area contributed by atoms with E-state index in [4.69, 9.17) is 23.9 Å². The van der Waals surface area contributed by atoms with E-state index in [9.17, 15) is 4.79 Å². The van der Waals surface area contributed by atoms with Crippen LogP contribution in [0.5, 0.6) is 17.2 Å². The SMILES string of the molecule is CCOC(=O)CCc1ccc(OCc2nc3ccc(OC)cc3n2C)cc1OCc1ccc(CC)cc1. The maximum absolute atomic E-state index is 11.9. The van der Waals surface area contributed by atoms with Gasteiger partial charge < -0.3 is 23.5 Å². The normalized spacial score (nSPS) is 10.9. The van der Waals surface area contributed by atoms with Crippen molar-refractivity contribution in [3.05, 3.63) is 83.2 Å². The summed E-state index contributed by atoms with van der Waals surface area (Å²) in [5, 5.41) is 0. The van der Waals surface area contributed by atoms with Gasteiger partial charge in [-0.1, -0.05) is 37.3 Å². The highest BCUT2D eigenvalue weighted by molar-refractivity contribution is 5.77. The predicted octanol–water partition coefficient (Wildman–Crippen LogP) is 5.80. The molecule has 1 aromatic heterocycles. The van der Waals surface area contributed by atoms with Gasteiger partial charge in [0.25, 0.3) is 0 Å². The second kappa shape index (κ2) is 12.3. The van der Waals surface area contributed by atoms with Crippen molar-refractivity contribution in [2.75, 3.05) is 13.7 Å². The Bertz CT molecular complexity index is 1340. The van der Waals surface area contributed by atoms with Crippen LogP contribution in [-0.4, -0.2) is 29.2 Å². The number of nitrogens with zero attached hydrogens (tertiary/aromatic N) is 2. The van der Waals surface area contributed by atoms with Crippen molar-refractivity contribution < 1.29 is 23.7 Å². The van der Waals surface area contributed by atoms with Crippen LogP contribution in [0.15, 0.2) is 60.7 Å². The number of carbonyl (C=O) groups excluding carboxylic acids is 1. The third kappa shape index (κ3) is 6.61. The molecule has 0 fully saturated rings. The first kappa shape index (κ1) is 26.1. The summed E-state index contributed by atoms with van der Waals surface area (Å²) < 4.78 is 24.8. The molecular formula is C30H34N2O5. The molecule has 0 spiro atoms. The second-order valence-corrected chi connectivity index (χ2v) is 8.76. The average molecular weight is 503 g/mol. The van der Waals surface area contributed by atoms with Gasteiger partial charge in [0.15, 0.2) is 0 Å². The number of hydrogen-bond acceptors (Lipinski definition) is 6. The van der Waals surface area contributed by atoms with Crippen LogP contribution < -0.4 is 14.2 Å². The van der Waals surface area contributed by atoms with Gasteiger partial charge in [0.05, 0.1) is 24.8 Å². The molecule has 0 atom stereocenters. The molecule has 3 aromatic carbocycles. The zero-order valence-corrected chi connectivity index (χ0v) is 22.0. The number of aromatic nitrogens is 2. The zero-order chi connectivity index (χ0) is 26.2. The van der Waals surface area contributed by atoms with E-state index in [-0.39, 0.29) is 5.97 Å². The lowest BCUT2D eigenvalue weighted by Gasteiger charge is -2.14. The first-order valence-corrected chi connectivity index (χ1v) is 12.6. The average Bonchev–Trinajstić information content (AvgIpc) is 3.24. The summed E-state index contributed by atoms with van der Waals surface area (Å²) in [6, 6.07) is 19.9. The van der Waals surface area contributed by atoms with Crippen LogP contribution in [-0.2, 0) is 42.6 Å². The van der Waals surface area contributed by atoms with E-state index in [1.807, 2.05) is 54.9 Å². The maximum atomic E-state index is 11.9. The molecule has 0 unspecified atom stereocenters. The Kier molecular flexibility index (Phi) is 8.67. The summed E-state index contributed by atoms with van der Waals surface area (Å²) in [7, 11) is 3.61. The largest absolute Gasteiger partial charge is 0.497 e. The summed E-state index contributed by atoms with van der Waals surface area (Å²) >= 11 is 0. The molecule has 0 bridgehead atoms. The van der Waals surface area contributed by atoms with Crippen molar-refractivity contribution in [3.8, 4) is 17.2 Å². The highest BCUT2D eigenvalue weighted by Gasteiger charge is 2.13. The highest BCUT2D eigenvalue weighted by atomic mass is 16.5. The number of carbonyl (C=O) groups is 1. The number of ether oxygens (including phenoxy) is 4. The lowest BCUT2D eigenvalue weighted by Crippen LogP contribution is -2.07. The third-order valence-corrected chi connectivity index (χ3v) is 6.32. The van der Waals surface area contributed by atoms with Crippen molar-refractivity contribution >= 4 is 17.0 Å². The van der Waals surface area contributed by atoms with Gasteiger partial charge in [-0.25, -0.2) is 4.98 Å². The maximum Gasteiger partial charge on any atom is 0.306 e. The standard InChI is InChI=1S/C30H34N2O5/c1-5-21-7-9-22(10-8-21)19-37-28-18-25(13-11-23(28)12-16-30(33)35-6-2)36-20-29-31-26-15-14-24(34-4)17-27(26)32(29)3/h7-11,13-15,17-18H,5-6,12,16,19-20H2,1-4H3. The minimum absolute atomic E-state index is 0.220. The monoisotopic (exact) mass is 502 g/mol. The van der Waals surface area contributed by atoms with Crippen LogP contribution >= 0.6 is 0 Å². The Morgan fingerprint density at radius 2 is 1.65 bits per heavy atom. The minimum Gasteiger partial charge on any atom is -0.497 e. The van der Waals surface area contributed by atoms with Crippen LogP contribution in [0.2, 0.25) is 0 Å². The van der Waals surface area contributed by atoms with Crippen LogP contribution in [0, 0.1) is 0 Å². The summed E-state index contributed by atoms with van der Waals surface area (Å²) in [5.74, 6) is 2.72. The number of imidazole rings is 1. The number of aryl methyl sites for hydroxylation is 3. The van der Waals surface area contributed by atoms with E-state index in [1.54, 1.807) is 7.11 Å². The van der Waals surface area contributed by atoms with Gasteiger partial charge in [-0.2, -0.15) is 0 Å². The first-order chi connectivity index (χ1) is 18.0. The fourth-order valence-corrected chi connectivity index (χ4v) is 4.09. The molecule has 37 heavy (non-hydrogen) atoms. The summed E-state index contributed by atoms with van der Waals surface area (Å²) in [6.45, 7) is 5.04. The van der Waals surface area contributed by atoms with E-state index in [0.717, 1.165) is 40.2 Å². The van der Waals surface area contributed by atoms with Crippen molar-refractivity contribution in [2.45, 2.75) is 46.3 Å². The molecule has 7 heteroatoms. The van der Waals surface area contributed by atoms with Gasteiger partial charge >= 0.3 is 5.97 Å². The van der Waals surface area contributed by atoms with E-state index in [0.29, 0.717) is 44.2 Å². The Morgan fingerprint density at radius 3 is 2.38 bits per heavy atom. The topological polar surface area (TPSA) is 71.8 Å². The molecule has 0 radical (unpaired) electrons. The quantitative estimate of drug-likeness (QED) is 0.228. The van der Waals surface area contributed by atoms with Gasteiger partial charge in [-0.15, -0.1) is 0 Å². The van der Waals surface area contributed by atoms with E-state index < -0.39 is 0 Å². The number of fused-ring (bicyclic) bond motifs is 1. The van der Waals surface area contributed by atoms with Crippen LogP contribution in [0.1, 0.15) is 42.8 Å². The van der Waals surface area contributed by atoms with Crippen LogP contribution in [0.4, 0.5) is 0 Å². The summed E-state index contributed by atoms with van der Waals surface area (Å²) in [6.07, 6.45) is 1.81. The summed E-state index contributed by atoms with van der Waals surface area (Å²) in [4.78, 5) is 16.6. The Morgan fingerprint density at radius 1 is 0.892 bits per heavy atom. The molecule has 0 amide bonds. The number of hydrogen-bond donors (Lipinski definition) is 0. The Labute approximate surface area is 217 Å².